The van der Waals surface area contributed by atoms with E-state index in [2.05, 4.69) is 28.4 Å². The molecule has 2 aliphatic rings. The lowest BCUT2D eigenvalue weighted by Gasteiger charge is -2.31. The van der Waals surface area contributed by atoms with E-state index in [1.807, 2.05) is 0 Å². The highest BCUT2D eigenvalue weighted by Gasteiger charge is 2.25. The normalized spacial score (nSPS) is 22.8. The Morgan fingerprint density at radius 2 is 2.37 bits per heavy atom. The Labute approximate surface area is 114 Å². The number of benzene rings is 1. The standard InChI is InChI=1S/C15H21N3O/c16-15(19)13-5-2-8-18(10-13)9-12-4-1-3-11-6-7-17-14(11)12/h1,3-4,13,17H,2,5-10H2,(H2,16,19). The van der Waals surface area contributed by atoms with E-state index in [0.29, 0.717) is 0 Å². The van der Waals surface area contributed by atoms with Gasteiger partial charge in [-0.15, -0.1) is 0 Å². The van der Waals surface area contributed by atoms with Crippen LogP contribution in [0.1, 0.15) is 24.0 Å². The molecule has 1 saturated heterocycles. The molecule has 0 radical (unpaired) electrons. The maximum atomic E-state index is 11.3. The number of nitrogens with two attached hydrogens (primary N) is 1. The van der Waals surface area contributed by atoms with E-state index >= 15 is 0 Å². The molecule has 0 saturated carbocycles. The van der Waals surface area contributed by atoms with Crippen molar-refractivity contribution in [3.05, 3.63) is 29.3 Å². The second kappa shape index (κ2) is 5.21. The van der Waals surface area contributed by atoms with Gasteiger partial charge in [-0.1, -0.05) is 18.2 Å². The highest BCUT2D eigenvalue weighted by Crippen LogP contribution is 2.28. The van der Waals surface area contributed by atoms with E-state index in [4.69, 9.17) is 5.73 Å². The number of hydrogen-bond acceptors (Lipinski definition) is 3. The van der Waals surface area contributed by atoms with E-state index in [1.54, 1.807) is 0 Å². The monoisotopic (exact) mass is 259 g/mol. The van der Waals surface area contributed by atoms with Gasteiger partial charge in [-0.25, -0.2) is 0 Å². The van der Waals surface area contributed by atoms with Gasteiger partial charge < -0.3 is 11.1 Å². The first-order valence-electron chi connectivity index (χ1n) is 7.10. The minimum atomic E-state index is -0.152. The molecule has 1 aromatic rings. The van der Waals surface area contributed by atoms with Crippen molar-refractivity contribution in [1.82, 2.24) is 4.90 Å². The van der Waals surface area contributed by atoms with Crippen LogP contribution >= 0.6 is 0 Å². The topological polar surface area (TPSA) is 58.4 Å². The molecule has 1 fully saturated rings. The summed E-state index contributed by atoms with van der Waals surface area (Å²) >= 11 is 0. The lowest BCUT2D eigenvalue weighted by Crippen LogP contribution is -2.40. The zero-order valence-electron chi connectivity index (χ0n) is 11.2. The molecule has 3 rings (SSSR count). The van der Waals surface area contributed by atoms with Crippen LogP contribution in [0.15, 0.2) is 18.2 Å². The second-order valence-corrected chi connectivity index (χ2v) is 5.60. The molecular formula is C15H21N3O. The average molecular weight is 259 g/mol. The number of primary amides is 1. The number of carbonyl (C=O) groups is 1. The van der Waals surface area contributed by atoms with Gasteiger partial charge in [-0.05, 0) is 36.9 Å². The van der Waals surface area contributed by atoms with Crippen LogP contribution in [0.5, 0.6) is 0 Å². The highest BCUT2D eigenvalue weighted by atomic mass is 16.1. The van der Waals surface area contributed by atoms with Crippen LogP contribution < -0.4 is 11.1 Å². The first-order chi connectivity index (χ1) is 9.24. The van der Waals surface area contributed by atoms with Crippen molar-refractivity contribution in [2.24, 2.45) is 11.7 Å². The van der Waals surface area contributed by atoms with Crippen molar-refractivity contribution >= 4 is 11.6 Å². The number of fused-ring (bicyclic) bond motifs is 1. The van der Waals surface area contributed by atoms with E-state index in [1.165, 1.54) is 16.8 Å². The fourth-order valence-corrected chi connectivity index (χ4v) is 3.21. The Bertz CT molecular complexity index is 486. The molecule has 0 aliphatic carbocycles. The summed E-state index contributed by atoms with van der Waals surface area (Å²) in [5.41, 5.74) is 9.51. The van der Waals surface area contributed by atoms with Crippen molar-refractivity contribution in [3.8, 4) is 0 Å². The van der Waals surface area contributed by atoms with E-state index in [0.717, 1.165) is 45.4 Å². The number of likely N-dealkylation sites (tertiary alicyclic amines) is 1. The van der Waals surface area contributed by atoms with Gasteiger partial charge in [-0.3, -0.25) is 9.69 Å². The largest absolute Gasteiger partial charge is 0.384 e. The Balaban J connectivity index is 1.71. The smallest absolute Gasteiger partial charge is 0.221 e. The number of nitrogens with one attached hydrogen (secondary N) is 1. The molecule has 1 atom stereocenters. The number of piperidine rings is 1. The molecule has 1 amide bonds. The molecule has 4 heteroatoms. The first-order valence-corrected chi connectivity index (χ1v) is 7.10. The van der Waals surface area contributed by atoms with Crippen LogP contribution in [0.25, 0.3) is 0 Å². The number of anilines is 1. The zero-order chi connectivity index (χ0) is 13.2. The van der Waals surface area contributed by atoms with Gasteiger partial charge >= 0.3 is 0 Å². The summed E-state index contributed by atoms with van der Waals surface area (Å²) < 4.78 is 0. The third kappa shape index (κ3) is 2.59. The molecule has 1 aromatic carbocycles. The molecule has 0 aromatic heterocycles. The SMILES string of the molecule is NC(=O)C1CCCN(Cc2cccc3c2NCC3)C1. The molecule has 3 N–H and O–H groups in total. The molecule has 0 bridgehead atoms. The predicted molar refractivity (Wildman–Crippen MR) is 75.8 cm³/mol. The van der Waals surface area contributed by atoms with Crippen LogP contribution in [0.4, 0.5) is 5.69 Å². The van der Waals surface area contributed by atoms with Gasteiger partial charge in [0, 0.05) is 25.3 Å². The van der Waals surface area contributed by atoms with E-state index < -0.39 is 0 Å². The lowest BCUT2D eigenvalue weighted by molar-refractivity contribution is -0.123. The van der Waals surface area contributed by atoms with Gasteiger partial charge in [0.1, 0.15) is 0 Å². The van der Waals surface area contributed by atoms with Gasteiger partial charge in [0.25, 0.3) is 0 Å². The number of nitrogens with zero attached hydrogens (tertiary/aromatic N) is 1. The quantitative estimate of drug-likeness (QED) is 0.861. The number of rotatable bonds is 3. The Hall–Kier alpha value is -1.55. The summed E-state index contributed by atoms with van der Waals surface area (Å²) in [6.45, 7) is 3.82. The molecule has 2 aliphatic heterocycles. The summed E-state index contributed by atoms with van der Waals surface area (Å²) in [4.78, 5) is 13.7. The summed E-state index contributed by atoms with van der Waals surface area (Å²) in [6.07, 6.45) is 3.13. The molecule has 0 spiro atoms. The Morgan fingerprint density at radius 1 is 1.47 bits per heavy atom. The molecule has 4 nitrogen and oxygen atoms in total. The number of carbonyl (C=O) groups excluding carboxylic acids is 1. The molecular weight excluding hydrogens is 238 g/mol. The number of hydrogen-bond donors (Lipinski definition) is 2. The maximum absolute atomic E-state index is 11.3. The van der Waals surface area contributed by atoms with Crippen LogP contribution in [-0.4, -0.2) is 30.4 Å². The predicted octanol–water partition coefficient (Wildman–Crippen LogP) is 1.35. The average Bonchev–Trinajstić information content (AvgIpc) is 2.88. The van der Waals surface area contributed by atoms with Crippen molar-refractivity contribution < 1.29 is 4.79 Å². The van der Waals surface area contributed by atoms with Gasteiger partial charge in [-0.2, -0.15) is 0 Å². The maximum Gasteiger partial charge on any atom is 0.221 e. The van der Waals surface area contributed by atoms with Gasteiger partial charge in [0.2, 0.25) is 5.91 Å². The Kier molecular flexibility index (Phi) is 3.42. The van der Waals surface area contributed by atoms with Crippen molar-refractivity contribution in [2.45, 2.75) is 25.8 Å². The second-order valence-electron chi connectivity index (χ2n) is 5.60. The van der Waals surface area contributed by atoms with Crippen molar-refractivity contribution in [2.75, 3.05) is 25.0 Å². The summed E-state index contributed by atoms with van der Waals surface area (Å²) in [5.74, 6) is -0.125. The van der Waals surface area contributed by atoms with Crippen molar-refractivity contribution in [1.29, 1.82) is 0 Å². The Morgan fingerprint density at radius 3 is 3.21 bits per heavy atom. The summed E-state index contributed by atoms with van der Waals surface area (Å²) in [5, 5.41) is 3.47. The first kappa shape index (κ1) is 12.5. The van der Waals surface area contributed by atoms with Crippen LogP contribution in [-0.2, 0) is 17.8 Å². The summed E-state index contributed by atoms with van der Waals surface area (Å²) in [6, 6.07) is 6.52. The summed E-state index contributed by atoms with van der Waals surface area (Å²) in [7, 11) is 0. The fourth-order valence-electron chi connectivity index (χ4n) is 3.21. The fraction of sp³-hybridized carbons (Fsp3) is 0.533. The van der Waals surface area contributed by atoms with Gasteiger partial charge in [0.05, 0.1) is 5.92 Å². The van der Waals surface area contributed by atoms with Crippen LogP contribution in [0, 0.1) is 5.92 Å². The molecule has 102 valence electrons. The van der Waals surface area contributed by atoms with Crippen LogP contribution in [0.2, 0.25) is 0 Å². The number of amides is 1. The minimum absolute atomic E-state index is 0.0264. The highest BCUT2D eigenvalue weighted by molar-refractivity contribution is 5.77. The number of para-hydroxylation sites is 1. The zero-order valence-corrected chi connectivity index (χ0v) is 11.2. The van der Waals surface area contributed by atoms with E-state index in [-0.39, 0.29) is 11.8 Å². The third-order valence-electron chi connectivity index (χ3n) is 4.23. The lowest BCUT2D eigenvalue weighted by atomic mass is 9.96. The third-order valence-corrected chi connectivity index (χ3v) is 4.23. The van der Waals surface area contributed by atoms with Crippen molar-refractivity contribution in [3.63, 3.8) is 0 Å². The molecule has 19 heavy (non-hydrogen) atoms. The van der Waals surface area contributed by atoms with Gasteiger partial charge in [0.15, 0.2) is 0 Å². The minimum Gasteiger partial charge on any atom is -0.384 e. The molecule has 2 heterocycles. The molecule has 1 unspecified atom stereocenters. The van der Waals surface area contributed by atoms with E-state index in [9.17, 15) is 4.79 Å². The van der Waals surface area contributed by atoms with Crippen LogP contribution in [0.3, 0.4) is 0 Å².